The summed E-state index contributed by atoms with van der Waals surface area (Å²) in [5.74, 6) is 1.20. The number of benzene rings is 2. The first-order valence-electron chi connectivity index (χ1n) is 11.6. The largest absolute Gasteiger partial charge is 0.368 e. The maximum atomic E-state index is 6.34. The highest BCUT2D eigenvalue weighted by atomic mass is 35.5. The first-order chi connectivity index (χ1) is 16.1. The van der Waals surface area contributed by atoms with Crippen LogP contribution in [0.2, 0.25) is 5.02 Å². The first-order valence-corrected chi connectivity index (χ1v) is 11.9. The number of hydrogen-bond acceptors (Lipinski definition) is 5. The lowest BCUT2D eigenvalue weighted by molar-refractivity contribution is -0.0851. The molecule has 0 N–H and O–H groups in total. The number of aromatic nitrogens is 2. The zero-order valence-electron chi connectivity index (χ0n) is 18.6. The number of halogens is 1. The Balaban J connectivity index is 1.21. The molecule has 0 amide bonds. The van der Waals surface area contributed by atoms with Crippen LogP contribution in [0.1, 0.15) is 24.8 Å². The van der Waals surface area contributed by atoms with Crippen molar-refractivity contribution >= 4 is 28.5 Å². The summed E-state index contributed by atoms with van der Waals surface area (Å²) >= 11 is 6.17. The van der Waals surface area contributed by atoms with Gasteiger partial charge in [0.1, 0.15) is 5.82 Å². The summed E-state index contributed by atoms with van der Waals surface area (Å²) in [7, 11) is 0. The Labute approximate surface area is 199 Å². The van der Waals surface area contributed by atoms with E-state index < -0.39 is 0 Å². The van der Waals surface area contributed by atoms with E-state index in [9.17, 15) is 0 Å². The molecule has 1 aromatic heterocycles. The van der Waals surface area contributed by atoms with E-state index in [0.29, 0.717) is 10.9 Å². The smallest absolute Gasteiger partial charge is 0.148 e. The van der Waals surface area contributed by atoms with Crippen molar-refractivity contribution in [1.82, 2.24) is 14.9 Å². The van der Waals surface area contributed by atoms with Crippen molar-refractivity contribution in [3.8, 4) is 0 Å². The van der Waals surface area contributed by atoms with Gasteiger partial charge in [-0.1, -0.05) is 48.0 Å². The molecule has 3 atom stereocenters. The molecular formula is C27H26ClN4O. The summed E-state index contributed by atoms with van der Waals surface area (Å²) in [6.07, 6.45) is 9.29. The van der Waals surface area contributed by atoms with Crippen LogP contribution < -0.4 is 4.90 Å². The minimum Gasteiger partial charge on any atom is -0.368 e. The van der Waals surface area contributed by atoms with Gasteiger partial charge in [-0.2, -0.15) is 0 Å². The number of ether oxygens (including phenoxy) is 1. The minimum absolute atomic E-state index is 0.119. The fourth-order valence-electron chi connectivity index (χ4n) is 5.16. The molecule has 3 aromatic rings. The van der Waals surface area contributed by atoms with Crippen LogP contribution in [0.15, 0.2) is 72.1 Å². The van der Waals surface area contributed by atoms with E-state index in [0.717, 1.165) is 49.5 Å². The third kappa shape index (κ3) is 4.11. The van der Waals surface area contributed by atoms with E-state index in [1.54, 1.807) is 0 Å². The minimum atomic E-state index is 0.119. The van der Waals surface area contributed by atoms with Crippen LogP contribution in [-0.4, -0.2) is 53.3 Å². The van der Waals surface area contributed by atoms with E-state index in [1.165, 1.54) is 16.8 Å². The van der Waals surface area contributed by atoms with Crippen LogP contribution in [0.3, 0.4) is 0 Å². The summed E-state index contributed by atoms with van der Waals surface area (Å²) in [5.41, 5.74) is 5.57. The van der Waals surface area contributed by atoms with Gasteiger partial charge >= 0.3 is 0 Å². The fraction of sp³-hybridized carbons (Fsp3) is 0.333. The highest BCUT2D eigenvalue weighted by Crippen LogP contribution is 2.34. The van der Waals surface area contributed by atoms with Gasteiger partial charge in [0, 0.05) is 42.8 Å². The lowest BCUT2D eigenvalue weighted by Crippen LogP contribution is -2.59. The average Bonchev–Trinajstić information content (AvgIpc) is 2.84. The molecule has 2 fully saturated rings. The summed E-state index contributed by atoms with van der Waals surface area (Å²) in [6.45, 7) is 5.51. The van der Waals surface area contributed by atoms with Crippen LogP contribution in [0.25, 0.3) is 11.0 Å². The molecule has 1 radical (unpaired) electrons. The van der Waals surface area contributed by atoms with Crippen LogP contribution in [0.5, 0.6) is 0 Å². The number of nitrogens with zero attached hydrogens (tertiary/aromatic N) is 4. The standard InChI is InChI=1S/C27H26ClN4O/c1-18-7-8-20(19-5-3-2-4-6-19)11-26(18)31-14-22-16-32(17-23(15-31)33-22)27-13-29-24-10-9-21(28)12-25(24)30-27/h2-7,9-10,12-13,20,22-23H,8,14-17H2,1H3. The van der Waals surface area contributed by atoms with Crippen molar-refractivity contribution in [3.05, 3.63) is 88.7 Å². The molecule has 3 aliphatic rings. The summed E-state index contributed by atoms with van der Waals surface area (Å²) in [5, 5.41) is 0.678. The quantitative estimate of drug-likeness (QED) is 0.554. The van der Waals surface area contributed by atoms with E-state index in [-0.39, 0.29) is 12.2 Å². The third-order valence-electron chi connectivity index (χ3n) is 6.76. The predicted molar refractivity (Wildman–Crippen MR) is 131 cm³/mol. The number of rotatable bonds is 3. The van der Waals surface area contributed by atoms with Crippen molar-refractivity contribution in [2.24, 2.45) is 0 Å². The topological polar surface area (TPSA) is 41.5 Å². The number of anilines is 1. The SMILES string of the molecule is CC1=CCC(c2ccccc2)[C]=C1N1CC2CN(c3cnc4ccc(Cl)cc4n3)CC(C1)O2. The molecule has 167 valence electrons. The molecule has 6 rings (SSSR count). The molecule has 3 heterocycles. The van der Waals surface area contributed by atoms with Crippen molar-refractivity contribution in [3.63, 3.8) is 0 Å². The second-order valence-corrected chi connectivity index (χ2v) is 9.57. The van der Waals surface area contributed by atoms with E-state index in [1.807, 2.05) is 24.4 Å². The Morgan fingerprint density at radius 3 is 2.52 bits per heavy atom. The van der Waals surface area contributed by atoms with Gasteiger partial charge < -0.3 is 14.5 Å². The van der Waals surface area contributed by atoms with Crippen LogP contribution in [0, 0.1) is 6.08 Å². The predicted octanol–water partition coefficient (Wildman–Crippen LogP) is 4.99. The first kappa shape index (κ1) is 20.7. The number of hydrogen-bond donors (Lipinski definition) is 0. The molecule has 33 heavy (non-hydrogen) atoms. The van der Waals surface area contributed by atoms with E-state index >= 15 is 0 Å². The van der Waals surface area contributed by atoms with Gasteiger partial charge in [-0.25, -0.2) is 4.98 Å². The third-order valence-corrected chi connectivity index (χ3v) is 6.99. The molecule has 2 bridgehead atoms. The highest BCUT2D eigenvalue weighted by Gasteiger charge is 2.37. The second-order valence-electron chi connectivity index (χ2n) is 9.13. The van der Waals surface area contributed by atoms with Crippen molar-refractivity contribution in [2.45, 2.75) is 31.5 Å². The molecule has 0 saturated carbocycles. The van der Waals surface area contributed by atoms with Gasteiger partial charge in [0.05, 0.1) is 29.4 Å². The van der Waals surface area contributed by atoms with Gasteiger partial charge in [0.15, 0.2) is 0 Å². The van der Waals surface area contributed by atoms with Gasteiger partial charge in [0.25, 0.3) is 0 Å². The van der Waals surface area contributed by atoms with Crippen molar-refractivity contribution in [1.29, 1.82) is 0 Å². The Kier molecular flexibility index (Phi) is 5.31. The van der Waals surface area contributed by atoms with Crippen LogP contribution in [0.4, 0.5) is 5.82 Å². The molecule has 6 heteroatoms. The Hall–Kier alpha value is -2.89. The van der Waals surface area contributed by atoms with Gasteiger partial charge in [0.2, 0.25) is 0 Å². The molecule has 0 spiro atoms. The Morgan fingerprint density at radius 2 is 1.73 bits per heavy atom. The average molecular weight is 458 g/mol. The lowest BCUT2D eigenvalue weighted by Gasteiger charge is -2.48. The molecule has 2 saturated heterocycles. The van der Waals surface area contributed by atoms with E-state index in [2.05, 4.69) is 64.2 Å². The van der Waals surface area contributed by atoms with Crippen LogP contribution in [-0.2, 0) is 4.74 Å². The summed E-state index contributed by atoms with van der Waals surface area (Å²) in [6, 6.07) is 16.3. The molecule has 2 aliphatic heterocycles. The van der Waals surface area contributed by atoms with Gasteiger partial charge in [-0.3, -0.25) is 4.98 Å². The number of fused-ring (bicyclic) bond motifs is 3. The maximum Gasteiger partial charge on any atom is 0.148 e. The van der Waals surface area contributed by atoms with Gasteiger partial charge in [-0.05, 0) is 48.8 Å². The normalized spacial score (nSPS) is 25.1. The monoisotopic (exact) mass is 457 g/mol. The van der Waals surface area contributed by atoms with Crippen LogP contribution >= 0.6 is 11.6 Å². The number of morpholine rings is 2. The Bertz CT molecular complexity index is 1230. The lowest BCUT2D eigenvalue weighted by atomic mass is 9.88. The summed E-state index contributed by atoms with van der Waals surface area (Å²) < 4.78 is 6.34. The molecule has 2 aromatic carbocycles. The fourth-order valence-corrected chi connectivity index (χ4v) is 5.33. The zero-order chi connectivity index (χ0) is 22.4. The summed E-state index contributed by atoms with van der Waals surface area (Å²) in [4.78, 5) is 14.2. The van der Waals surface area contributed by atoms with Gasteiger partial charge in [-0.15, -0.1) is 0 Å². The highest BCUT2D eigenvalue weighted by molar-refractivity contribution is 6.31. The molecular weight excluding hydrogens is 432 g/mol. The zero-order valence-corrected chi connectivity index (χ0v) is 19.4. The van der Waals surface area contributed by atoms with E-state index in [4.69, 9.17) is 21.3 Å². The second kappa shape index (κ2) is 8.47. The van der Waals surface area contributed by atoms with Crippen molar-refractivity contribution < 1.29 is 4.74 Å². The maximum absolute atomic E-state index is 6.34. The molecule has 1 aliphatic carbocycles. The van der Waals surface area contributed by atoms with Crippen molar-refractivity contribution in [2.75, 3.05) is 31.1 Å². The number of allylic oxidation sites excluding steroid dienone is 3. The molecule has 3 unspecified atom stereocenters. The Morgan fingerprint density at radius 1 is 0.970 bits per heavy atom. The molecule has 5 nitrogen and oxygen atoms in total.